The summed E-state index contributed by atoms with van der Waals surface area (Å²) in [6.07, 6.45) is -3.10. The molecule has 0 aliphatic carbocycles. The molecule has 0 aliphatic heterocycles. The van der Waals surface area contributed by atoms with Crippen LogP contribution in [-0.2, 0) is 6.18 Å². The predicted molar refractivity (Wildman–Crippen MR) is 103 cm³/mol. The van der Waals surface area contributed by atoms with E-state index < -0.39 is 17.5 Å². The molecule has 156 valence electrons. The van der Waals surface area contributed by atoms with Crippen molar-refractivity contribution in [1.82, 2.24) is 25.1 Å². The first kappa shape index (κ1) is 21.0. The van der Waals surface area contributed by atoms with Crippen LogP contribution in [0.25, 0.3) is 11.3 Å². The molecule has 0 saturated carbocycles. The largest absolute Gasteiger partial charge is 0.497 e. The van der Waals surface area contributed by atoms with Gasteiger partial charge < -0.3 is 9.64 Å². The van der Waals surface area contributed by atoms with Gasteiger partial charge in [0.1, 0.15) is 5.75 Å². The maximum absolute atomic E-state index is 13.2. The Morgan fingerprint density at radius 2 is 1.83 bits per heavy atom. The molecule has 0 radical (unpaired) electrons. The van der Waals surface area contributed by atoms with Gasteiger partial charge in [0.2, 0.25) is 0 Å². The van der Waals surface area contributed by atoms with Crippen LogP contribution in [0.5, 0.6) is 5.75 Å². The number of hydrogen-bond acceptors (Lipinski definition) is 6. The lowest BCUT2D eigenvalue weighted by Gasteiger charge is -2.13. The standard InChI is InChI=1S/C20H18F3N5O2/c1-27(2)12-17(18(29)13-5-4-6-14(11-13)20(21,22)23)19-24-25-26-28(19)15-7-9-16(30-3)10-8-15/h4-12H,1-3H3. The number of allylic oxidation sites excluding steroid dienone is 1. The molecule has 30 heavy (non-hydrogen) atoms. The number of Topliss-reactive ketones (excluding diaryl/α,β-unsaturated/α-hetero) is 1. The van der Waals surface area contributed by atoms with E-state index in [0.29, 0.717) is 11.4 Å². The molecule has 10 heteroatoms. The van der Waals surface area contributed by atoms with Crippen LogP contribution < -0.4 is 4.74 Å². The SMILES string of the molecule is COc1ccc(-n2nnnc2C(=CN(C)C)C(=O)c2cccc(C(F)(F)F)c2)cc1. The Bertz CT molecular complexity index is 1070. The summed E-state index contributed by atoms with van der Waals surface area (Å²) in [4.78, 5) is 14.7. The minimum Gasteiger partial charge on any atom is -0.497 e. The molecule has 0 saturated heterocycles. The molecule has 0 spiro atoms. The highest BCUT2D eigenvalue weighted by atomic mass is 19.4. The van der Waals surface area contributed by atoms with Crippen molar-refractivity contribution in [3.8, 4) is 11.4 Å². The van der Waals surface area contributed by atoms with E-state index in [0.717, 1.165) is 12.1 Å². The van der Waals surface area contributed by atoms with Gasteiger partial charge in [-0.3, -0.25) is 4.79 Å². The summed E-state index contributed by atoms with van der Waals surface area (Å²) in [5.74, 6) is 0.0770. The Balaban J connectivity index is 2.07. The van der Waals surface area contributed by atoms with Gasteiger partial charge in [-0.05, 0) is 46.8 Å². The Hall–Kier alpha value is -3.69. The molecule has 0 N–H and O–H groups in total. The molecule has 1 heterocycles. The molecule has 0 atom stereocenters. The maximum Gasteiger partial charge on any atom is 0.416 e. The Morgan fingerprint density at radius 3 is 2.43 bits per heavy atom. The second-order valence-corrected chi connectivity index (χ2v) is 6.53. The Morgan fingerprint density at radius 1 is 1.13 bits per heavy atom. The van der Waals surface area contributed by atoms with Crippen LogP contribution >= 0.6 is 0 Å². The molecular formula is C20H18F3N5O2. The number of ketones is 1. The number of benzene rings is 2. The van der Waals surface area contributed by atoms with Crippen molar-refractivity contribution in [2.75, 3.05) is 21.2 Å². The first-order valence-electron chi connectivity index (χ1n) is 8.74. The molecule has 3 aromatic rings. The van der Waals surface area contributed by atoms with Crippen LogP contribution in [0.15, 0.2) is 54.7 Å². The van der Waals surface area contributed by atoms with E-state index in [9.17, 15) is 18.0 Å². The van der Waals surface area contributed by atoms with Crippen molar-refractivity contribution < 1.29 is 22.7 Å². The minimum absolute atomic E-state index is 0.0418. The third-order valence-corrected chi connectivity index (χ3v) is 4.11. The van der Waals surface area contributed by atoms with Crippen molar-refractivity contribution in [1.29, 1.82) is 0 Å². The van der Waals surface area contributed by atoms with Gasteiger partial charge >= 0.3 is 6.18 Å². The molecule has 0 unspecified atom stereocenters. The van der Waals surface area contributed by atoms with Gasteiger partial charge in [0.15, 0.2) is 11.6 Å². The maximum atomic E-state index is 13.2. The number of aromatic nitrogens is 4. The van der Waals surface area contributed by atoms with Crippen LogP contribution in [0, 0.1) is 0 Å². The molecule has 2 aromatic carbocycles. The highest BCUT2D eigenvalue weighted by Gasteiger charge is 2.31. The summed E-state index contributed by atoms with van der Waals surface area (Å²) in [6.45, 7) is 0. The lowest BCUT2D eigenvalue weighted by atomic mass is 10.0. The fraction of sp³-hybridized carbons (Fsp3) is 0.200. The number of rotatable bonds is 6. The van der Waals surface area contributed by atoms with Crippen LogP contribution in [0.2, 0.25) is 0 Å². The van der Waals surface area contributed by atoms with E-state index in [1.807, 2.05) is 0 Å². The number of ether oxygens (including phenoxy) is 1. The first-order valence-corrected chi connectivity index (χ1v) is 8.74. The zero-order valence-corrected chi connectivity index (χ0v) is 16.4. The van der Waals surface area contributed by atoms with E-state index in [1.165, 1.54) is 30.1 Å². The smallest absolute Gasteiger partial charge is 0.416 e. The van der Waals surface area contributed by atoms with Crippen LogP contribution in [-0.4, -0.2) is 52.1 Å². The summed E-state index contributed by atoms with van der Waals surface area (Å²) < 4.78 is 45.7. The molecule has 7 nitrogen and oxygen atoms in total. The highest BCUT2D eigenvalue weighted by molar-refractivity contribution is 6.28. The van der Waals surface area contributed by atoms with Crippen molar-refractivity contribution in [2.45, 2.75) is 6.18 Å². The first-order chi connectivity index (χ1) is 14.2. The molecule has 1 aromatic heterocycles. The third kappa shape index (κ3) is 4.48. The lowest BCUT2D eigenvalue weighted by Crippen LogP contribution is -2.14. The van der Waals surface area contributed by atoms with Gasteiger partial charge in [0, 0.05) is 25.9 Å². The van der Waals surface area contributed by atoms with Gasteiger partial charge in [-0.1, -0.05) is 12.1 Å². The molecule has 0 aliphatic rings. The molecule has 3 rings (SSSR count). The average Bonchev–Trinajstić information content (AvgIpc) is 3.20. The summed E-state index contributed by atoms with van der Waals surface area (Å²) >= 11 is 0. The average molecular weight is 417 g/mol. The number of carbonyl (C=O) groups is 1. The molecule has 0 amide bonds. The van der Waals surface area contributed by atoms with E-state index in [4.69, 9.17) is 4.74 Å². The monoisotopic (exact) mass is 417 g/mol. The summed E-state index contributed by atoms with van der Waals surface area (Å²) in [7, 11) is 4.89. The van der Waals surface area contributed by atoms with E-state index in [2.05, 4.69) is 15.5 Å². The Labute approximate surface area is 170 Å². The van der Waals surface area contributed by atoms with Gasteiger partial charge in [0.25, 0.3) is 0 Å². The zero-order valence-electron chi connectivity index (χ0n) is 16.4. The van der Waals surface area contributed by atoms with Gasteiger partial charge in [-0.2, -0.15) is 17.9 Å². The number of hydrogen-bond donors (Lipinski definition) is 0. The van der Waals surface area contributed by atoms with Crippen molar-refractivity contribution in [3.63, 3.8) is 0 Å². The van der Waals surface area contributed by atoms with E-state index in [1.54, 1.807) is 43.3 Å². The quantitative estimate of drug-likeness (QED) is 0.452. The molecular weight excluding hydrogens is 399 g/mol. The Kier molecular flexibility index (Phi) is 5.86. The molecule has 0 bridgehead atoms. The second-order valence-electron chi connectivity index (χ2n) is 6.53. The van der Waals surface area contributed by atoms with Gasteiger partial charge in [-0.25, -0.2) is 0 Å². The fourth-order valence-corrected chi connectivity index (χ4v) is 2.72. The number of halogens is 3. The highest BCUT2D eigenvalue weighted by Crippen LogP contribution is 2.31. The van der Waals surface area contributed by atoms with Gasteiger partial charge in [-0.15, -0.1) is 5.10 Å². The van der Waals surface area contributed by atoms with Crippen molar-refractivity contribution >= 4 is 11.4 Å². The number of alkyl halides is 3. The summed E-state index contributed by atoms with van der Waals surface area (Å²) in [5, 5.41) is 11.5. The second kappa shape index (κ2) is 8.36. The predicted octanol–water partition coefficient (Wildman–Crippen LogP) is 3.48. The fourth-order valence-electron chi connectivity index (χ4n) is 2.72. The number of tetrazole rings is 1. The third-order valence-electron chi connectivity index (χ3n) is 4.11. The van der Waals surface area contributed by atoms with Crippen molar-refractivity contribution in [3.05, 3.63) is 71.7 Å². The van der Waals surface area contributed by atoms with Crippen LogP contribution in [0.1, 0.15) is 21.7 Å². The zero-order chi connectivity index (χ0) is 21.9. The topological polar surface area (TPSA) is 73.1 Å². The van der Waals surface area contributed by atoms with Gasteiger partial charge in [0.05, 0.1) is 23.9 Å². The normalized spacial score (nSPS) is 12.0. The van der Waals surface area contributed by atoms with Crippen LogP contribution in [0.3, 0.4) is 0 Å². The summed E-state index contributed by atoms with van der Waals surface area (Å²) in [5.41, 5.74) is -0.438. The lowest BCUT2D eigenvalue weighted by molar-refractivity contribution is -0.137. The minimum atomic E-state index is -4.56. The van der Waals surface area contributed by atoms with Crippen molar-refractivity contribution in [2.24, 2.45) is 0 Å². The number of methoxy groups -OCH3 is 1. The molecule has 0 fully saturated rings. The number of carbonyl (C=O) groups excluding carboxylic acids is 1. The summed E-state index contributed by atoms with van der Waals surface area (Å²) in [6, 6.07) is 11.0. The van der Waals surface area contributed by atoms with E-state index >= 15 is 0 Å². The van der Waals surface area contributed by atoms with Crippen LogP contribution in [0.4, 0.5) is 13.2 Å². The van der Waals surface area contributed by atoms with E-state index in [-0.39, 0.29) is 17.0 Å². The number of nitrogens with zero attached hydrogens (tertiary/aromatic N) is 5.